The number of halogens is 2. The molecule has 0 bridgehead atoms. The van der Waals surface area contributed by atoms with Crippen molar-refractivity contribution in [3.05, 3.63) is 52.3 Å². The van der Waals surface area contributed by atoms with Crippen LogP contribution in [0.4, 0.5) is 5.69 Å². The number of nitrogens with zero attached hydrogens (tertiary/aromatic N) is 1. The van der Waals surface area contributed by atoms with Gasteiger partial charge < -0.3 is 10.4 Å². The minimum Gasteiger partial charge on any atom is -0.506 e. The predicted octanol–water partition coefficient (Wildman–Crippen LogP) is 3.71. The molecule has 0 atom stereocenters. The number of nitrogens with one attached hydrogen (secondary N) is 1. The van der Waals surface area contributed by atoms with Crippen molar-refractivity contribution in [3.63, 3.8) is 0 Å². The number of phenolic OH excluding ortho intramolecular Hbond substituents is 1. The van der Waals surface area contributed by atoms with Gasteiger partial charge in [-0.05, 0) is 18.2 Å². The molecule has 0 aliphatic carbocycles. The Hall–Kier alpha value is -1.45. The molecule has 0 saturated heterocycles. The fourth-order valence-electron chi connectivity index (χ4n) is 1.41. The summed E-state index contributed by atoms with van der Waals surface area (Å²) < 4.78 is 0. The van der Waals surface area contributed by atoms with Crippen LogP contribution in [0.2, 0.25) is 10.2 Å². The van der Waals surface area contributed by atoms with Crippen molar-refractivity contribution in [2.45, 2.75) is 6.54 Å². The Morgan fingerprint density at radius 1 is 1.24 bits per heavy atom. The van der Waals surface area contributed by atoms with Crippen LogP contribution in [-0.2, 0) is 6.54 Å². The second kappa shape index (κ2) is 5.25. The van der Waals surface area contributed by atoms with Crippen molar-refractivity contribution >= 4 is 28.9 Å². The van der Waals surface area contributed by atoms with E-state index in [1.54, 1.807) is 36.5 Å². The van der Waals surface area contributed by atoms with Crippen LogP contribution in [0, 0.1) is 0 Å². The quantitative estimate of drug-likeness (QED) is 0.835. The number of rotatable bonds is 3. The first kappa shape index (κ1) is 12.0. The van der Waals surface area contributed by atoms with Gasteiger partial charge in [-0.25, -0.2) is 4.98 Å². The van der Waals surface area contributed by atoms with Gasteiger partial charge in [0.05, 0.1) is 5.02 Å². The molecule has 3 nitrogen and oxygen atoms in total. The topological polar surface area (TPSA) is 45.1 Å². The van der Waals surface area contributed by atoms with Gasteiger partial charge in [0.1, 0.15) is 10.9 Å². The highest BCUT2D eigenvalue weighted by atomic mass is 35.5. The molecule has 1 heterocycles. The van der Waals surface area contributed by atoms with Gasteiger partial charge in [0, 0.05) is 24.0 Å². The summed E-state index contributed by atoms with van der Waals surface area (Å²) in [5.41, 5.74) is 1.56. The molecule has 0 aliphatic rings. The van der Waals surface area contributed by atoms with E-state index in [2.05, 4.69) is 10.3 Å². The molecule has 0 aliphatic heterocycles. The zero-order chi connectivity index (χ0) is 12.3. The monoisotopic (exact) mass is 268 g/mol. The van der Waals surface area contributed by atoms with Crippen LogP contribution in [0.25, 0.3) is 0 Å². The number of aromatic nitrogens is 1. The summed E-state index contributed by atoms with van der Waals surface area (Å²) in [5, 5.41) is 13.6. The van der Waals surface area contributed by atoms with Crippen LogP contribution >= 0.6 is 23.2 Å². The Bertz CT molecular complexity index is 532. The van der Waals surface area contributed by atoms with Crippen LogP contribution in [0.3, 0.4) is 0 Å². The van der Waals surface area contributed by atoms with Gasteiger partial charge >= 0.3 is 0 Å². The summed E-state index contributed by atoms with van der Waals surface area (Å²) in [4.78, 5) is 3.88. The Labute approximate surface area is 109 Å². The fourth-order valence-corrected chi connectivity index (χ4v) is 1.78. The van der Waals surface area contributed by atoms with E-state index >= 15 is 0 Å². The Kier molecular flexibility index (Phi) is 3.71. The van der Waals surface area contributed by atoms with Gasteiger partial charge in [0.2, 0.25) is 0 Å². The number of aromatic hydroxyl groups is 1. The predicted molar refractivity (Wildman–Crippen MR) is 69.7 cm³/mol. The minimum absolute atomic E-state index is 0.0989. The highest BCUT2D eigenvalue weighted by molar-refractivity contribution is 6.32. The lowest BCUT2D eigenvalue weighted by Gasteiger charge is -2.08. The lowest BCUT2D eigenvalue weighted by Crippen LogP contribution is -1.99. The normalized spacial score (nSPS) is 10.2. The number of benzene rings is 1. The van der Waals surface area contributed by atoms with Crippen LogP contribution in [-0.4, -0.2) is 10.1 Å². The molecule has 0 saturated carbocycles. The summed E-state index contributed by atoms with van der Waals surface area (Å²) in [5.74, 6) is 0.0989. The fraction of sp³-hybridized carbons (Fsp3) is 0.0833. The summed E-state index contributed by atoms with van der Waals surface area (Å²) in [6, 6.07) is 8.75. The molecule has 0 fully saturated rings. The number of hydrogen-bond acceptors (Lipinski definition) is 3. The molecule has 5 heteroatoms. The van der Waals surface area contributed by atoms with Crippen molar-refractivity contribution in [2.75, 3.05) is 5.32 Å². The van der Waals surface area contributed by atoms with Gasteiger partial charge in [-0.3, -0.25) is 0 Å². The molecule has 88 valence electrons. The highest BCUT2D eigenvalue weighted by Crippen LogP contribution is 2.27. The zero-order valence-corrected chi connectivity index (χ0v) is 10.3. The Balaban J connectivity index is 2.10. The smallest absolute Gasteiger partial charge is 0.139 e. The van der Waals surface area contributed by atoms with E-state index < -0.39 is 0 Å². The number of hydrogen-bond donors (Lipinski definition) is 2. The van der Waals surface area contributed by atoms with Gasteiger partial charge in [0.15, 0.2) is 0 Å². The van der Waals surface area contributed by atoms with Crippen molar-refractivity contribution in [2.24, 2.45) is 0 Å². The van der Waals surface area contributed by atoms with Gasteiger partial charge in [-0.15, -0.1) is 0 Å². The molecule has 0 radical (unpaired) electrons. The first-order chi connectivity index (χ1) is 8.16. The number of anilines is 1. The van der Waals surface area contributed by atoms with Crippen LogP contribution in [0.1, 0.15) is 5.56 Å². The average molecular weight is 269 g/mol. The Morgan fingerprint density at radius 2 is 2.06 bits per heavy atom. The minimum atomic E-state index is 0.0989. The summed E-state index contributed by atoms with van der Waals surface area (Å²) in [6.07, 6.45) is 1.61. The molecule has 0 unspecified atom stereocenters. The number of pyridine rings is 1. The first-order valence-electron chi connectivity index (χ1n) is 4.98. The molecular formula is C12H10Cl2N2O. The van der Waals surface area contributed by atoms with Crippen LogP contribution < -0.4 is 5.32 Å². The van der Waals surface area contributed by atoms with Gasteiger partial charge in [-0.2, -0.15) is 0 Å². The molecule has 2 rings (SSSR count). The maximum absolute atomic E-state index is 9.72. The standard InChI is InChI=1S/C12H10Cl2N2O/c13-10-3-1-2-8(12(10)17)7-16-9-4-5-15-11(14)6-9/h1-6,17H,7H2,(H,15,16). The third-order valence-corrected chi connectivity index (χ3v) is 2.79. The van der Waals surface area contributed by atoms with Crippen molar-refractivity contribution in [3.8, 4) is 5.75 Å². The highest BCUT2D eigenvalue weighted by Gasteiger charge is 2.04. The molecule has 0 spiro atoms. The molecular weight excluding hydrogens is 259 g/mol. The Morgan fingerprint density at radius 3 is 2.82 bits per heavy atom. The second-order valence-corrected chi connectivity index (χ2v) is 4.26. The maximum atomic E-state index is 9.72. The van der Waals surface area contributed by atoms with Crippen LogP contribution in [0.15, 0.2) is 36.5 Å². The van der Waals surface area contributed by atoms with E-state index in [0.29, 0.717) is 16.7 Å². The van der Waals surface area contributed by atoms with Crippen molar-refractivity contribution in [1.82, 2.24) is 4.98 Å². The van der Waals surface area contributed by atoms with E-state index in [1.807, 2.05) is 0 Å². The van der Waals surface area contributed by atoms with E-state index in [0.717, 1.165) is 11.3 Å². The van der Waals surface area contributed by atoms with E-state index in [4.69, 9.17) is 23.2 Å². The lowest BCUT2D eigenvalue weighted by molar-refractivity contribution is 0.469. The first-order valence-corrected chi connectivity index (χ1v) is 5.74. The van der Waals surface area contributed by atoms with Gasteiger partial charge in [-0.1, -0.05) is 35.3 Å². The summed E-state index contributed by atoms with van der Waals surface area (Å²) in [6.45, 7) is 0.465. The summed E-state index contributed by atoms with van der Waals surface area (Å²) >= 11 is 11.6. The average Bonchev–Trinajstić information content (AvgIpc) is 2.31. The molecule has 0 amide bonds. The van der Waals surface area contributed by atoms with E-state index in [9.17, 15) is 5.11 Å². The van der Waals surface area contributed by atoms with Gasteiger partial charge in [0.25, 0.3) is 0 Å². The maximum Gasteiger partial charge on any atom is 0.139 e. The lowest BCUT2D eigenvalue weighted by atomic mass is 10.2. The SMILES string of the molecule is Oc1c(Cl)cccc1CNc1ccnc(Cl)c1. The molecule has 1 aromatic heterocycles. The third kappa shape index (κ3) is 3.02. The molecule has 1 aromatic carbocycles. The summed E-state index contributed by atoms with van der Waals surface area (Å²) in [7, 11) is 0. The number of para-hydroxylation sites is 1. The zero-order valence-electron chi connectivity index (χ0n) is 8.82. The number of phenols is 1. The van der Waals surface area contributed by atoms with E-state index in [-0.39, 0.29) is 5.75 Å². The van der Waals surface area contributed by atoms with Crippen molar-refractivity contribution < 1.29 is 5.11 Å². The van der Waals surface area contributed by atoms with Crippen LogP contribution in [0.5, 0.6) is 5.75 Å². The molecule has 2 N–H and O–H groups in total. The second-order valence-electron chi connectivity index (χ2n) is 3.47. The van der Waals surface area contributed by atoms with Crippen molar-refractivity contribution in [1.29, 1.82) is 0 Å². The van der Waals surface area contributed by atoms with E-state index in [1.165, 1.54) is 0 Å². The molecule has 2 aromatic rings. The largest absolute Gasteiger partial charge is 0.506 e. The molecule has 17 heavy (non-hydrogen) atoms. The third-order valence-electron chi connectivity index (χ3n) is 2.28.